The highest BCUT2D eigenvalue weighted by atomic mass is 16.5. The standard InChI is InChI=1S/C22H19NO/c1-23-15-18(16-9-5-3-6-10-16)22-19(23)13-14-20(24-2)21(22)17-11-7-4-8-12-17/h3-15H,1-2H3. The molecule has 0 atom stereocenters. The zero-order chi connectivity index (χ0) is 16.5. The Morgan fingerprint density at radius 1 is 0.750 bits per heavy atom. The summed E-state index contributed by atoms with van der Waals surface area (Å²) in [5, 5.41) is 1.23. The van der Waals surface area contributed by atoms with E-state index in [1.54, 1.807) is 7.11 Å². The molecule has 0 aliphatic heterocycles. The van der Waals surface area contributed by atoms with Crippen LogP contribution in [0.4, 0.5) is 0 Å². The van der Waals surface area contributed by atoms with E-state index in [2.05, 4.69) is 78.5 Å². The van der Waals surface area contributed by atoms with Gasteiger partial charge in [0.1, 0.15) is 5.75 Å². The molecule has 0 saturated heterocycles. The van der Waals surface area contributed by atoms with Crippen molar-refractivity contribution in [2.24, 2.45) is 7.05 Å². The van der Waals surface area contributed by atoms with Crippen molar-refractivity contribution in [3.8, 4) is 28.0 Å². The fourth-order valence-electron chi connectivity index (χ4n) is 3.36. The highest BCUT2D eigenvalue weighted by molar-refractivity contribution is 6.08. The third-order valence-electron chi connectivity index (χ3n) is 4.48. The van der Waals surface area contributed by atoms with Gasteiger partial charge in [-0.15, -0.1) is 0 Å². The maximum Gasteiger partial charge on any atom is 0.127 e. The van der Waals surface area contributed by atoms with Gasteiger partial charge in [0.05, 0.1) is 7.11 Å². The Balaban J connectivity index is 2.13. The zero-order valence-corrected chi connectivity index (χ0v) is 13.9. The van der Waals surface area contributed by atoms with Crippen LogP contribution in [0.3, 0.4) is 0 Å². The van der Waals surface area contributed by atoms with E-state index >= 15 is 0 Å². The molecule has 0 spiro atoms. The maximum absolute atomic E-state index is 5.70. The third-order valence-corrected chi connectivity index (χ3v) is 4.48. The van der Waals surface area contributed by atoms with E-state index in [9.17, 15) is 0 Å². The van der Waals surface area contributed by atoms with Gasteiger partial charge >= 0.3 is 0 Å². The van der Waals surface area contributed by atoms with E-state index in [0.717, 1.165) is 11.3 Å². The molecule has 0 N–H and O–H groups in total. The minimum Gasteiger partial charge on any atom is -0.496 e. The Hall–Kier alpha value is -3.00. The van der Waals surface area contributed by atoms with Crippen molar-refractivity contribution in [2.75, 3.05) is 7.11 Å². The normalized spacial score (nSPS) is 10.9. The monoisotopic (exact) mass is 313 g/mol. The molecule has 1 heterocycles. The average molecular weight is 313 g/mol. The molecule has 0 fully saturated rings. The molecule has 2 nitrogen and oxygen atoms in total. The fourth-order valence-corrected chi connectivity index (χ4v) is 3.36. The molecule has 4 rings (SSSR count). The minimum absolute atomic E-state index is 0.900. The highest BCUT2D eigenvalue weighted by Gasteiger charge is 2.17. The summed E-state index contributed by atoms with van der Waals surface area (Å²) in [4.78, 5) is 0. The van der Waals surface area contributed by atoms with Gasteiger partial charge in [-0.3, -0.25) is 0 Å². The molecule has 0 radical (unpaired) electrons. The van der Waals surface area contributed by atoms with Crippen molar-refractivity contribution >= 4 is 10.9 Å². The van der Waals surface area contributed by atoms with E-state index < -0.39 is 0 Å². The van der Waals surface area contributed by atoms with Crippen molar-refractivity contribution in [3.63, 3.8) is 0 Å². The van der Waals surface area contributed by atoms with Crippen molar-refractivity contribution in [2.45, 2.75) is 0 Å². The van der Waals surface area contributed by atoms with Crippen LogP contribution in [-0.2, 0) is 7.05 Å². The van der Waals surface area contributed by atoms with Crippen LogP contribution in [0, 0.1) is 0 Å². The number of hydrogen-bond donors (Lipinski definition) is 0. The first kappa shape index (κ1) is 14.6. The van der Waals surface area contributed by atoms with Crippen molar-refractivity contribution in [3.05, 3.63) is 79.0 Å². The minimum atomic E-state index is 0.900. The third kappa shape index (κ3) is 2.28. The van der Waals surface area contributed by atoms with E-state index in [4.69, 9.17) is 4.74 Å². The van der Waals surface area contributed by atoms with Crippen molar-refractivity contribution in [1.29, 1.82) is 0 Å². The molecule has 0 bridgehead atoms. The summed E-state index contributed by atoms with van der Waals surface area (Å²) in [7, 11) is 3.83. The lowest BCUT2D eigenvalue weighted by Crippen LogP contribution is -1.91. The van der Waals surface area contributed by atoms with Crippen LogP contribution in [-0.4, -0.2) is 11.7 Å². The Morgan fingerprint density at radius 3 is 2.00 bits per heavy atom. The number of benzene rings is 3. The van der Waals surface area contributed by atoms with Gasteiger partial charge in [0.2, 0.25) is 0 Å². The first-order valence-corrected chi connectivity index (χ1v) is 8.06. The summed E-state index contributed by atoms with van der Waals surface area (Å²) in [6.45, 7) is 0. The fraction of sp³-hybridized carbons (Fsp3) is 0.0909. The summed E-state index contributed by atoms with van der Waals surface area (Å²) < 4.78 is 7.88. The van der Waals surface area contributed by atoms with Gasteiger partial charge in [-0.2, -0.15) is 0 Å². The van der Waals surface area contributed by atoms with Crippen LogP contribution in [0.25, 0.3) is 33.2 Å². The molecule has 0 unspecified atom stereocenters. The lowest BCUT2D eigenvalue weighted by molar-refractivity contribution is 0.417. The number of nitrogens with zero attached hydrogens (tertiary/aromatic N) is 1. The van der Waals surface area contributed by atoms with Gasteiger partial charge in [-0.1, -0.05) is 60.7 Å². The molecule has 2 heteroatoms. The van der Waals surface area contributed by atoms with Crippen LogP contribution in [0.15, 0.2) is 79.0 Å². The zero-order valence-electron chi connectivity index (χ0n) is 13.9. The van der Waals surface area contributed by atoms with Gasteiger partial charge in [-0.05, 0) is 23.3 Å². The quantitative estimate of drug-likeness (QED) is 0.485. The number of ether oxygens (including phenoxy) is 1. The molecular formula is C22H19NO. The summed E-state index contributed by atoms with van der Waals surface area (Å²) in [5.41, 5.74) is 5.96. The van der Waals surface area contributed by atoms with Crippen LogP contribution in [0.2, 0.25) is 0 Å². The average Bonchev–Trinajstić information content (AvgIpc) is 2.99. The Bertz CT molecular complexity index is 985. The molecule has 4 aromatic rings. The topological polar surface area (TPSA) is 14.2 Å². The maximum atomic E-state index is 5.70. The van der Waals surface area contributed by atoms with Crippen molar-refractivity contribution in [1.82, 2.24) is 4.57 Å². The number of aryl methyl sites for hydroxylation is 1. The molecule has 3 aromatic carbocycles. The van der Waals surface area contributed by atoms with E-state index in [-0.39, 0.29) is 0 Å². The van der Waals surface area contributed by atoms with Crippen LogP contribution in [0.5, 0.6) is 5.75 Å². The number of aromatic nitrogens is 1. The Kier molecular flexibility index (Phi) is 3.58. The smallest absolute Gasteiger partial charge is 0.127 e. The summed E-state index contributed by atoms with van der Waals surface area (Å²) in [6, 6.07) is 25.2. The second-order valence-corrected chi connectivity index (χ2v) is 5.92. The molecule has 0 aliphatic carbocycles. The lowest BCUT2D eigenvalue weighted by Gasteiger charge is -2.12. The Morgan fingerprint density at radius 2 is 1.38 bits per heavy atom. The number of methoxy groups -OCH3 is 1. The van der Waals surface area contributed by atoms with Crippen LogP contribution in [0.1, 0.15) is 0 Å². The molecule has 0 aliphatic rings. The molecule has 1 aromatic heterocycles. The summed E-state index contributed by atoms with van der Waals surface area (Å²) >= 11 is 0. The molecule has 0 saturated carbocycles. The molecule has 24 heavy (non-hydrogen) atoms. The molecular weight excluding hydrogens is 294 g/mol. The van der Waals surface area contributed by atoms with Crippen LogP contribution >= 0.6 is 0 Å². The van der Waals surface area contributed by atoms with Gasteiger partial charge in [0.15, 0.2) is 0 Å². The van der Waals surface area contributed by atoms with E-state index in [0.29, 0.717) is 0 Å². The number of hydrogen-bond acceptors (Lipinski definition) is 1. The Labute approximate surface area is 141 Å². The number of rotatable bonds is 3. The first-order chi connectivity index (χ1) is 11.8. The predicted octanol–water partition coefficient (Wildman–Crippen LogP) is 5.52. The predicted molar refractivity (Wildman–Crippen MR) is 100 cm³/mol. The van der Waals surface area contributed by atoms with Gasteiger partial charge < -0.3 is 9.30 Å². The second-order valence-electron chi connectivity index (χ2n) is 5.92. The summed E-state index contributed by atoms with van der Waals surface area (Å²) in [5.74, 6) is 0.900. The largest absolute Gasteiger partial charge is 0.496 e. The van der Waals surface area contributed by atoms with Gasteiger partial charge in [-0.25, -0.2) is 0 Å². The van der Waals surface area contributed by atoms with E-state index in [1.165, 1.54) is 27.6 Å². The first-order valence-electron chi connectivity index (χ1n) is 8.06. The van der Waals surface area contributed by atoms with Crippen molar-refractivity contribution < 1.29 is 4.74 Å². The van der Waals surface area contributed by atoms with Crippen LogP contribution < -0.4 is 4.74 Å². The van der Waals surface area contributed by atoms with Gasteiger partial charge in [0, 0.05) is 35.3 Å². The van der Waals surface area contributed by atoms with Gasteiger partial charge in [0.25, 0.3) is 0 Å². The molecule has 118 valence electrons. The second kappa shape index (κ2) is 5.89. The number of fused-ring (bicyclic) bond motifs is 1. The summed E-state index contributed by atoms with van der Waals surface area (Å²) in [6.07, 6.45) is 2.20. The van der Waals surface area contributed by atoms with E-state index in [1.807, 2.05) is 12.1 Å². The lowest BCUT2D eigenvalue weighted by atomic mass is 9.95. The highest BCUT2D eigenvalue weighted by Crippen LogP contribution is 2.42. The SMILES string of the molecule is COc1ccc2c(c(-c3ccccc3)cn2C)c1-c1ccccc1. The molecule has 0 amide bonds.